The predicted molar refractivity (Wildman–Crippen MR) is 62.4 cm³/mol. The topological polar surface area (TPSA) is 44.1 Å². The van der Waals surface area contributed by atoms with E-state index in [9.17, 15) is 5.11 Å². The van der Waals surface area contributed by atoms with Gasteiger partial charge in [0.1, 0.15) is 5.60 Å². The fourth-order valence-corrected chi connectivity index (χ4v) is 5.77. The summed E-state index contributed by atoms with van der Waals surface area (Å²) >= 11 is 0. The summed E-state index contributed by atoms with van der Waals surface area (Å²) < 4.78 is 0. The molecule has 4 aliphatic rings. The van der Waals surface area contributed by atoms with Crippen molar-refractivity contribution >= 4 is 5.71 Å². The lowest BCUT2D eigenvalue weighted by Gasteiger charge is -2.34. The van der Waals surface area contributed by atoms with Crippen molar-refractivity contribution in [2.45, 2.75) is 50.5 Å². The Hall–Kier alpha value is -0.370. The molecule has 4 saturated carbocycles. The maximum Gasteiger partial charge on any atom is 0.108 e. The molecule has 0 aliphatic heterocycles. The quantitative estimate of drug-likeness (QED) is 0.646. The zero-order valence-corrected chi connectivity index (χ0v) is 9.78. The van der Waals surface area contributed by atoms with Crippen molar-refractivity contribution in [1.82, 2.24) is 0 Å². The lowest BCUT2D eigenvalue weighted by atomic mass is 9.76. The van der Waals surface area contributed by atoms with Crippen LogP contribution in [0, 0.1) is 35.0 Å². The smallest absolute Gasteiger partial charge is 0.108 e. The minimum Gasteiger partial charge on any atom is -0.383 e. The van der Waals surface area contributed by atoms with Gasteiger partial charge in [0.2, 0.25) is 0 Å². The first-order valence-corrected chi connectivity index (χ1v) is 7.01. The van der Waals surface area contributed by atoms with Crippen LogP contribution in [0.15, 0.2) is 0 Å². The van der Waals surface area contributed by atoms with E-state index in [1.807, 2.05) is 0 Å². The van der Waals surface area contributed by atoms with Crippen LogP contribution in [0.3, 0.4) is 0 Å². The highest BCUT2D eigenvalue weighted by Crippen LogP contribution is 2.64. The Balaban J connectivity index is 1.75. The summed E-state index contributed by atoms with van der Waals surface area (Å²) in [4.78, 5) is 0. The summed E-state index contributed by atoms with van der Waals surface area (Å²) in [5.41, 5.74) is 0.0200. The van der Waals surface area contributed by atoms with Crippen molar-refractivity contribution in [2.75, 3.05) is 0 Å². The predicted octanol–water partition coefficient (Wildman–Crippen LogP) is 2.60. The number of rotatable bonds is 0. The van der Waals surface area contributed by atoms with Crippen molar-refractivity contribution in [3.8, 4) is 0 Å². The van der Waals surface area contributed by atoms with E-state index in [0.29, 0.717) is 17.5 Å². The molecule has 0 spiro atoms. The highest BCUT2D eigenvalue weighted by molar-refractivity contribution is 5.93. The molecule has 0 aromatic heterocycles. The first kappa shape index (κ1) is 9.64. The molecule has 88 valence electrons. The van der Waals surface area contributed by atoms with E-state index < -0.39 is 5.60 Å². The van der Waals surface area contributed by atoms with Crippen LogP contribution in [0.5, 0.6) is 0 Å². The van der Waals surface area contributed by atoms with E-state index in [1.165, 1.54) is 32.1 Å². The maximum atomic E-state index is 11.0. The van der Waals surface area contributed by atoms with Crippen LogP contribution in [0.25, 0.3) is 0 Å². The number of fused-ring (bicyclic) bond motifs is 5. The molecule has 4 aliphatic carbocycles. The van der Waals surface area contributed by atoms with Gasteiger partial charge in [-0.05, 0) is 61.7 Å². The van der Waals surface area contributed by atoms with E-state index in [1.54, 1.807) is 0 Å². The molecule has 0 heterocycles. The second-order valence-electron chi connectivity index (χ2n) is 6.65. The molecule has 0 unspecified atom stereocenters. The average molecular weight is 219 g/mol. The summed E-state index contributed by atoms with van der Waals surface area (Å²) in [7, 11) is 0. The summed E-state index contributed by atoms with van der Waals surface area (Å²) in [5.74, 6) is 3.33. The van der Waals surface area contributed by atoms with Crippen LogP contribution >= 0.6 is 0 Å². The zero-order chi connectivity index (χ0) is 10.9. The fourth-order valence-electron chi connectivity index (χ4n) is 5.77. The normalized spacial score (nSPS) is 58.8. The molecule has 16 heavy (non-hydrogen) atoms. The molecule has 0 aromatic rings. The Kier molecular flexibility index (Phi) is 1.75. The van der Waals surface area contributed by atoms with Crippen LogP contribution in [0.1, 0.15) is 44.9 Å². The Morgan fingerprint density at radius 1 is 1.12 bits per heavy atom. The van der Waals surface area contributed by atoms with Crippen LogP contribution in [0.4, 0.5) is 0 Å². The maximum absolute atomic E-state index is 11.0. The van der Waals surface area contributed by atoms with E-state index in [-0.39, 0.29) is 0 Å². The van der Waals surface area contributed by atoms with Gasteiger partial charge >= 0.3 is 0 Å². The lowest BCUT2D eigenvalue weighted by molar-refractivity contribution is 0.0156. The molecule has 4 fully saturated rings. The second kappa shape index (κ2) is 2.90. The first-order chi connectivity index (χ1) is 7.71. The van der Waals surface area contributed by atoms with Crippen LogP contribution < -0.4 is 0 Å². The Morgan fingerprint density at radius 2 is 2.00 bits per heavy atom. The highest BCUT2D eigenvalue weighted by atomic mass is 16.3. The average Bonchev–Trinajstić information content (AvgIpc) is 2.90. The minimum absolute atomic E-state index is 0.441. The van der Waals surface area contributed by atoms with Gasteiger partial charge in [0.25, 0.3) is 0 Å². The lowest BCUT2D eigenvalue weighted by Crippen LogP contribution is -2.45. The van der Waals surface area contributed by atoms with Gasteiger partial charge < -0.3 is 10.5 Å². The molecular formula is C14H21NO. The number of hydrogen-bond acceptors (Lipinski definition) is 2. The standard InChI is InChI=1S/C14H21NO/c15-12-5-4-10-7-9-6-8-2-1-3-11(8)13(9)14(10,12)16/h8-11,13,15-16H,1-7H2/t8-,9-,10-,11-,13+,14-/m0/s1. The van der Waals surface area contributed by atoms with Gasteiger partial charge in [-0.15, -0.1) is 0 Å². The minimum atomic E-state index is -0.658. The molecule has 0 aromatic carbocycles. The summed E-state index contributed by atoms with van der Waals surface area (Å²) in [6, 6.07) is 0. The Bertz CT molecular complexity index is 353. The van der Waals surface area contributed by atoms with Gasteiger partial charge in [-0.25, -0.2) is 0 Å². The van der Waals surface area contributed by atoms with E-state index in [0.717, 1.165) is 30.6 Å². The molecule has 2 N–H and O–H groups in total. The van der Waals surface area contributed by atoms with Crippen molar-refractivity contribution < 1.29 is 5.11 Å². The van der Waals surface area contributed by atoms with Gasteiger partial charge in [0.15, 0.2) is 0 Å². The van der Waals surface area contributed by atoms with E-state index in [4.69, 9.17) is 5.41 Å². The first-order valence-electron chi connectivity index (χ1n) is 7.01. The fraction of sp³-hybridized carbons (Fsp3) is 0.929. The monoisotopic (exact) mass is 219 g/mol. The van der Waals surface area contributed by atoms with Crippen molar-refractivity contribution in [3.63, 3.8) is 0 Å². The van der Waals surface area contributed by atoms with Crippen molar-refractivity contribution in [3.05, 3.63) is 0 Å². The third-order valence-corrected chi connectivity index (χ3v) is 6.24. The van der Waals surface area contributed by atoms with Crippen LogP contribution in [-0.4, -0.2) is 16.4 Å². The highest BCUT2D eigenvalue weighted by Gasteiger charge is 2.65. The van der Waals surface area contributed by atoms with Gasteiger partial charge in [-0.2, -0.15) is 0 Å². The summed E-state index contributed by atoms with van der Waals surface area (Å²) in [6.45, 7) is 0. The molecule has 0 amide bonds. The summed E-state index contributed by atoms with van der Waals surface area (Å²) in [6.07, 6.45) is 8.62. The van der Waals surface area contributed by atoms with E-state index in [2.05, 4.69) is 0 Å². The molecule has 6 atom stereocenters. The van der Waals surface area contributed by atoms with E-state index >= 15 is 0 Å². The van der Waals surface area contributed by atoms with Gasteiger partial charge in [0.05, 0.1) is 0 Å². The SMILES string of the molecule is N=C1CC[C@H]2C[C@@H]3C[C@@H]4CCC[C@@H]4[C@@H]3[C@@]12O. The third kappa shape index (κ3) is 0.919. The van der Waals surface area contributed by atoms with Gasteiger partial charge in [0, 0.05) is 5.71 Å². The van der Waals surface area contributed by atoms with Crippen molar-refractivity contribution in [1.29, 1.82) is 5.41 Å². The van der Waals surface area contributed by atoms with Crippen molar-refractivity contribution in [2.24, 2.45) is 29.6 Å². The molecular weight excluding hydrogens is 198 g/mol. The third-order valence-electron chi connectivity index (χ3n) is 6.24. The molecule has 4 rings (SSSR count). The molecule has 0 saturated heterocycles. The summed E-state index contributed by atoms with van der Waals surface area (Å²) in [5, 5.41) is 19.1. The number of hydrogen-bond donors (Lipinski definition) is 2. The molecule has 2 nitrogen and oxygen atoms in total. The Labute approximate surface area is 96.9 Å². The van der Waals surface area contributed by atoms with Crippen LogP contribution in [-0.2, 0) is 0 Å². The number of nitrogens with one attached hydrogen (secondary N) is 1. The second-order valence-corrected chi connectivity index (χ2v) is 6.65. The molecule has 0 bridgehead atoms. The number of aliphatic hydroxyl groups is 1. The Morgan fingerprint density at radius 3 is 2.88 bits per heavy atom. The van der Waals surface area contributed by atoms with Gasteiger partial charge in [-0.3, -0.25) is 0 Å². The zero-order valence-electron chi connectivity index (χ0n) is 9.78. The molecule has 2 heteroatoms. The van der Waals surface area contributed by atoms with Crippen LogP contribution in [0.2, 0.25) is 0 Å². The van der Waals surface area contributed by atoms with Gasteiger partial charge in [-0.1, -0.05) is 12.8 Å². The molecule has 0 radical (unpaired) electrons. The largest absolute Gasteiger partial charge is 0.383 e.